The van der Waals surface area contributed by atoms with Crippen molar-refractivity contribution >= 4 is 5.97 Å². The van der Waals surface area contributed by atoms with Crippen LogP contribution in [0.2, 0.25) is 0 Å². The second-order valence-corrected chi connectivity index (χ2v) is 11.6. The maximum absolute atomic E-state index is 15.5. The second kappa shape index (κ2) is 10.9. The minimum atomic E-state index is -0.927. The van der Waals surface area contributed by atoms with Gasteiger partial charge in [0.1, 0.15) is 12.4 Å². The van der Waals surface area contributed by atoms with Gasteiger partial charge < -0.3 is 14.6 Å². The van der Waals surface area contributed by atoms with Gasteiger partial charge in [-0.3, -0.25) is 4.79 Å². The van der Waals surface area contributed by atoms with E-state index in [2.05, 4.69) is 24.9 Å². The van der Waals surface area contributed by atoms with Crippen molar-refractivity contribution in [3.63, 3.8) is 0 Å². The molecule has 1 N–H and O–H groups in total. The number of pyridine rings is 1. The molecule has 2 atom stereocenters. The molecule has 0 radical (unpaired) electrons. The number of halogens is 2. The number of benzene rings is 2. The summed E-state index contributed by atoms with van der Waals surface area (Å²) in [5.74, 6) is -1.31. The Labute approximate surface area is 228 Å². The molecule has 5 nitrogen and oxygen atoms in total. The first-order valence-electron chi connectivity index (χ1n) is 13.6. The maximum atomic E-state index is 15.5. The summed E-state index contributed by atoms with van der Waals surface area (Å²) in [5, 5.41) is 9.35. The van der Waals surface area contributed by atoms with Crippen molar-refractivity contribution in [1.82, 2.24) is 4.98 Å². The molecule has 0 saturated heterocycles. The highest BCUT2D eigenvalue weighted by atomic mass is 19.1. The highest BCUT2D eigenvalue weighted by molar-refractivity contribution is 5.70. The molecule has 39 heavy (non-hydrogen) atoms. The summed E-state index contributed by atoms with van der Waals surface area (Å²) < 4.78 is 41.7. The Morgan fingerprint density at radius 3 is 2.59 bits per heavy atom. The SMILES string of the molecule is COc1cc(-c2ccc(COc3cccc(C(CC(=O)O)C4CC4)c3F)cc2C2CCCC2(C)C)c(F)cn1. The Morgan fingerprint density at radius 2 is 1.92 bits per heavy atom. The zero-order valence-corrected chi connectivity index (χ0v) is 22.7. The van der Waals surface area contributed by atoms with Crippen molar-refractivity contribution < 1.29 is 28.2 Å². The lowest BCUT2D eigenvalue weighted by molar-refractivity contribution is -0.137. The number of carboxylic acids is 1. The van der Waals surface area contributed by atoms with Gasteiger partial charge in [0, 0.05) is 17.5 Å². The van der Waals surface area contributed by atoms with Crippen molar-refractivity contribution in [2.24, 2.45) is 11.3 Å². The summed E-state index contributed by atoms with van der Waals surface area (Å²) in [6.07, 6.45) is 6.09. The number of ether oxygens (including phenoxy) is 2. The van der Waals surface area contributed by atoms with E-state index in [0.717, 1.165) is 48.8 Å². The van der Waals surface area contributed by atoms with Gasteiger partial charge in [-0.1, -0.05) is 50.6 Å². The molecule has 0 spiro atoms. The molecular weight excluding hydrogens is 500 g/mol. The molecular formula is C32H35F2NO4. The number of aliphatic carboxylic acids is 1. The summed E-state index contributed by atoms with van der Waals surface area (Å²) in [7, 11) is 1.51. The molecule has 2 aliphatic rings. The Kier molecular flexibility index (Phi) is 7.61. The van der Waals surface area contributed by atoms with Gasteiger partial charge in [-0.05, 0) is 71.3 Å². The first-order valence-corrected chi connectivity index (χ1v) is 13.6. The summed E-state index contributed by atoms with van der Waals surface area (Å²) in [4.78, 5) is 15.4. The van der Waals surface area contributed by atoms with E-state index in [9.17, 15) is 14.3 Å². The molecule has 2 aliphatic carbocycles. The Hall–Kier alpha value is -3.48. The Bertz CT molecular complexity index is 1370. The molecule has 0 aliphatic heterocycles. The Balaban J connectivity index is 1.46. The molecule has 0 amide bonds. The van der Waals surface area contributed by atoms with Crippen LogP contribution in [0.3, 0.4) is 0 Å². The second-order valence-electron chi connectivity index (χ2n) is 11.6. The van der Waals surface area contributed by atoms with Gasteiger partial charge in [0.25, 0.3) is 0 Å². The molecule has 5 rings (SSSR count). The van der Waals surface area contributed by atoms with Crippen LogP contribution >= 0.6 is 0 Å². The number of rotatable bonds is 10. The van der Waals surface area contributed by atoms with Crippen LogP contribution < -0.4 is 9.47 Å². The minimum absolute atomic E-state index is 0.0459. The third-order valence-corrected chi connectivity index (χ3v) is 8.45. The normalized spacial score (nSPS) is 19.1. The molecule has 2 saturated carbocycles. The van der Waals surface area contributed by atoms with Gasteiger partial charge in [-0.2, -0.15) is 0 Å². The van der Waals surface area contributed by atoms with E-state index in [1.165, 1.54) is 13.3 Å². The summed E-state index contributed by atoms with van der Waals surface area (Å²) in [6.45, 7) is 4.63. The summed E-state index contributed by atoms with van der Waals surface area (Å²) in [5.41, 5.74) is 3.58. The zero-order chi connectivity index (χ0) is 27.7. The van der Waals surface area contributed by atoms with Gasteiger partial charge in [0.05, 0.1) is 19.7 Å². The fourth-order valence-electron chi connectivity index (χ4n) is 6.18. The fraction of sp³-hybridized carbons (Fsp3) is 0.438. The number of carbonyl (C=O) groups is 1. The predicted octanol–water partition coefficient (Wildman–Crippen LogP) is 7.88. The lowest BCUT2D eigenvalue weighted by atomic mass is 9.75. The third kappa shape index (κ3) is 5.77. The highest BCUT2D eigenvalue weighted by Crippen LogP contribution is 2.51. The number of methoxy groups -OCH3 is 1. The standard InChI is InChI=1S/C32H35F2NO4/c1-32(2)13-5-7-26(32)24-14-19(9-12-21(24)25-15-29(38-3)35-17-27(25)33)18-39-28-8-4-6-22(31(28)34)23(16-30(36)37)20-10-11-20/h4,6,8-9,12,14-15,17,20,23,26H,5,7,10-11,13,16,18H2,1-3H3,(H,36,37). The van der Waals surface area contributed by atoms with Gasteiger partial charge >= 0.3 is 5.97 Å². The van der Waals surface area contributed by atoms with E-state index < -0.39 is 17.6 Å². The van der Waals surface area contributed by atoms with E-state index in [1.807, 2.05) is 12.1 Å². The van der Waals surface area contributed by atoms with E-state index in [4.69, 9.17) is 9.47 Å². The highest BCUT2D eigenvalue weighted by Gasteiger charge is 2.38. The number of nitrogens with zero attached hydrogens (tertiary/aromatic N) is 1. The molecule has 2 fully saturated rings. The van der Waals surface area contributed by atoms with Crippen LogP contribution in [0.5, 0.6) is 11.6 Å². The van der Waals surface area contributed by atoms with Crippen LogP contribution in [0.25, 0.3) is 11.1 Å². The molecule has 1 heterocycles. The van der Waals surface area contributed by atoms with Crippen LogP contribution in [0.1, 0.15) is 80.9 Å². The van der Waals surface area contributed by atoms with Crippen LogP contribution in [0, 0.1) is 23.0 Å². The van der Waals surface area contributed by atoms with Gasteiger partial charge in [0.2, 0.25) is 5.88 Å². The van der Waals surface area contributed by atoms with Crippen LogP contribution in [-0.4, -0.2) is 23.2 Å². The lowest BCUT2D eigenvalue weighted by Gasteiger charge is -2.30. The van der Waals surface area contributed by atoms with Crippen LogP contribution in [-0.2, 0) is 11.4 Å². The smallest absolute Gasteiger partial charge is 0.303 e. The number of hydrogen-bond acceptors (Lipinski definition) is 4. The first kappa shape index (κ1) is 27.1. The molecule has 2 unspecified atom stereocenters. The molecule has 0 bridgehead atoms. The summed E-state index contributed by atoms with van der Waals surface area (Å²) >= 11 is 0. The van der Waals surface area contributed by atoms with Crippen molar-refractivity contribution in [1.29, 1.82) is 0 Å². The Morgan fingerprint density at radius 1 is 1.13 bits per heavy atom. The molecule has 3 aromatic rings. The van der Waals surface area contributed by atoms with Gasteiger partial charge in [-0.25, -0.2) is 13.8 Å². The monoisotopic (exact) mass is 535 g/mol. The molecule has 1 aromatic heterocycles. The minimum Gasteiger partial charge on any atom is -0.486 e. The predicted molar refractivity (Wildman–Crippen MR) is 145 cm³/mol. The van der Waals surface area contributed by atoms with E-state index >= 15 is 4.39 Å². The average Bonchev–Trinajstić information content (AvgIpc) is 3.69. The molecule has 7 heteroatoms. The van der Waals surface area contributed by atoms with Crippen LogP contribution in [0.15, 0.2) is 48.7 Å². The summed E-state index contributed by atoms with van der Waals surface area (Å²) in [6, 6.07) is 12.4. The third-order valence-electron chi connectivity index (χ3n) is 8.45. The van der Waals surface area contributed by atoms with E-state index in [1.54, 1.807) is 24.3 Å². The van der Waals surface area contributed by atoms with Crippen LogP contribution in [0.4, 0.5) is 8.78 Å². The van der Waals surface area contributed by atoms with E-state index in [-0.39, 0.29) is 41.9 Å². The maximum Gasteiger partial charge on any atom is 0.303 e. The van der Waals surface area contributed by atoms with Crippen molar-refractivity contribution in [2.75, 3.05) is 7.11 Å². The lowest BCUT2D eigenvalue weighted by Crippen LogP contribution is -2.17. The quantitative estimate of drug-likeness (QED) is 0.286. The van der Waals surface area contributed by atoms with E-state index in [0.29, 0.717) is 17.0 Å². The number of aromatic nitrogens is 1. The molecule has 206 valence electrons. The number of carboxylic acid groups (broad SMARTS) is 1. The van der Waals surface area contributed by atoms with Gasteiger partial charge in [0.15, 0.2) is 11.6 Å². The largest absolute Gasteiger partial charge is 0.486 e. The topological polar surface area (TPSA) is 68.7 Å². The van der Waals surface area contributed by atoms with Crippen molar-refractivity contribution in [3.8, 4) is 22.8 Å². The number of hydrogen-bond donors (Lipinski definition) is 1. The average molecular weight is 536 g/mol. The van der Waals surface area contributed by atoms with Gasteiger partial charge in [-0.15, -0.1) is 0 Å². The zero-order valence-electron chi connectivity index (χ0n) is 22.7. The van der Waals surface area contributed by atoms with Crippen molar-refractivity contribution in [3.05, 3.63) is 77.0 Å². The first-order chi connectivity index (χ1) is 18.7. The molecule has 2 aromatic carbocycles. The van der Waals surface area contributed by atoms with Crippen molar-refractivity contribution in [2.45, 2.75) is 70.8 Å². The fourth-order valence-corrected chi connectivity index (χ4v) is 6.18.